The van der Waals surface area contributed by atoms with E-state index in [2.05, 4.69) is 10.3 Å². The summed E-state index contributed by atoms with van der Waals surface area (Å²) >= 11 is 1.37. The third-order valence-electron chi connectivity index (χ3n) is 4.32. The first-order chi connectivity index (χ1) is 15.0. The van der Waals surface area contributed by atoms with Gasteiger partial charge in [0.15, 0.2) is 5.13 Å². The van der Waals surface area contributed by atoms with Crippen molar-refractivity contribution in [2.24, 2.45) is 0 Å². The van der Waals surface area contributed by atoms with Crippen molar-refractivity contribution in [2.45, 2.75) is 20.8 Å². The summed E-state index contributed by atoms with van der Waals surface area (Å²) in [5.74, 6) is 1.04. The van der Waals surface area contributed by atoms with E-state index in [-0.39, 0.29) is 5.57 Å². The van der Waals surface area contributed by atoms with E-state index in [1.165, 1.54) is 11.3 Å². The van der Waals surface area contributed by atoms with Gasteiger partial charge in [-0.3, -0.25) is 10.1 Å². The van der Waals surface area contributed by atoms with Gasteiger partial charge in [-0.05, 0) is 68.8 Å². The van der Waals surface area contributed by atoms with E-state index in [0.29, 0.717) is 18.3 Å². The molecule has 0 radical (unpaired) electrons. The van der Waals surface area contributed by atoms with Crippen molar-refractivity contribution in [3.63, 3.8) is 0 Å². The van der Waals surface area contributed by atoms with Crippen molar-refractivity contribution in [1.82, 2.24) is 4.98 Å². The molecule has 1 N–H and O–H groups in total. The summed E-state index contributed by atoms with van der Waals surface area (Å²) in [4.78, 5) is 18.1. The van der Waals surface area contributed by atoms with E-state index in [4.69, 9.17) is 9.47 Å². The first-order valence-corrected chi connectivity index (χ1v) is 10.7. The number of thiazole rings is 1. The SMILES string of the molecule is CCOc1ccc(/C=C(\C#N)C(=O)Nc2nc(-c3ccc(OCC)cc3)c(C)s2)cc1. The lowest BCUT2D eigenvalue weighted by atomic mass is 10.1. The highest BCUT2D eigenvalue weighted by Crippen LogP contribution is 2.31. The molecule has 0 aliphatic carbocycles. The van der Waals surface area contributed by atoms with Crippen molar-refractivity contribution in [1.29, 1.82) is 5.26 Å². The van der Waals surface area contributed by atoms with Gasteiger partial charge in [-0.1, -0.05) is 12.1 Å². The Bertz CT molecular complexity index is 1110. The van der Waals surface area contributed by atoms with Gasteiger partial charge in [-0.2, -0.15) is 5.26 Å². The number of hydrogen-bond acceptors (Lipinski definition) is 6. The van der Waals surface area contributed by atoms with E-state index >= 15 is 0 Å². The van der Waals surface area contributed by atoms with E-state index in [1.54, 1.807) is 30.3 Å². The first-order valence-electron chi connectivity index (χ1n) is 9.90. The molecule has 0 aliphatic heterocycles. The number of nitrogens with zero attached hydrogens (tertiary/aromatic N) is 2. The maximum absolute atomic E-state index is 12.6. The van der Waals surface area contributed by atoms with E-state index in [1.807, 2.05) is 51.1 Å². The number of ether oxygens (including phenoxy) is 2. The molecular weight excluding hydrogens is 410 g/mol. The lowest BCUT2D eigenvalue weighted by Gasteiger charge is -2.04. The van der Waals surface area contributed by atoms with E-state index < -0.39 is 5.91 Å². The smallest absolute Gasteiger partial charge is 0.268 e. The number of nitriles is 1. The van der Waals surface area contributed by atoms with Crippen molar-refractivity contribution < 1.29 is 14.3 Å². The number of carbonyl (C=O) groups excluding carboxylic acids is 1. The second-order valence-electron chi connectivity index (χ2n) is 6.51. The summed E-state index contributed by atoms with van der Waals surface area (Å²) in [5, 5.41) is 12.6. The Morgan fingerprint density at radius 2 is 1.65 bits per heavy atom. The average Bonchev–Trinajstić information content (AvgIpc) is 3.14. The third kappa shape index (κ3) is 5.71. The van der Waals surface area contributed by atoms with Gasteiger partial charge in [-0.25, -0.2) is 4.98 Å². The second kappa shape index (κ2) is 10.4. The summed E-state index contributed by atoms with van der Waals surface area (Å²) in [6, 6.07) is 16.8. The number of rotatable bonds is 8. The van der Waals surface area contributed by atoms with E-state index in [0.717, 1.165) is 33.2 Å². The van der Waals surface area contributed by atoms with Gasteiger partial charge in [0.1, 0.15) is 23.1 Å². The highest BCUT2D eigenvalue weighted by molar-refractivity contribution is 7.16. The number of aromatic nitrogens is 1. The van der Waals surface area contributed by atoms with Crippen LogP contribution in [0.2, 0.25) is 0 Å². The number of carbonyl (C=O) groups is 1. The third-order valence-corrected chi connectivity index (χ3v) is 5.21. The Balaban J connectivity index is 1.74. The lowest BCUT2D eigenvalue weighted by Crippen LogP contribution is -2.13. The van der Waals surface area contributed by atoms with Crippen LogP contribution in [0.25, 0.3) is 17.3 Å². The second-order valence-corrected chi connectivity index (χ2v) is 7.71. The number of amides is 1. The van der Waals surface area contributed by atoms with Crippen molar-refractivity contribution in [3.8, 4) is 28.8 Å². The molecule has 158 valence electrons. The molecule has 0 saturated carbocycles. The number of hydrogen-bond donors (Lipinski definition) is 1. The van der Waals surface area contributed by atoms with Crippen LogP contribution in [0.15, 0.2) is 54.1 Å². The van der Waals surface area contributed by atoms with Crippen molar-refractivity contribution in [3.05, 3.63) is 64.5 Å². The van der Waals surface area contributed by atoms with Crippen LogP contribution in [0.5, 0.6) is 11.5 Å². The van der Waals surface area contributed by atoms with Crippen LogP contribution < -0.4 is 14.8 Å². The van der Waals surface area contributed by atoms with Crippen LogP contribution in [-0.2, 0) is 4.79 Å². The fourth-order valence-electron chi connectivity index (χ4n) is 2.90. The van der Waals surface area contributed by atoms with Gasteiger partial charge in [0.05, 0.1) is 18.9 Å². The zero-order valence-electron chi connectivity index (χ0n) is 17.6. The molecule has 3 rings (SSSR count). The van der Waals surface area contributed by atoms with Gasteiger partial charge in [0, 0.05) is 10.4 Å². The summed E-state index contributed by atoms with van der Waals surface area (Å²) in [7, 11) is 0. The molecule has 0 unspecified atom stereocenters. The summed E-state index contributed by atoms with van der Waals surface area (Å²) in [6.45, 7) is 6.98. The van der Waals surface area contributed by atoms with Crippen molar-refractivity contribution in [2.75, 3.05) is 18.5 Å². The molecule has 31 heavy (non-hydrogen) atoms. The molecule has 0 saturated heterocycles. The quantitative estimate of drug-likeness (QED) is 0.377. The number of benzene rings is 2. The fourth-order valence-corrected chi connectivity index (χ4v) is 3.73. The maximum Gasteiger partial charge on any atom is 0.268 e. The zero-order chi connectivity index (χ0) is 22.2. The maximum atomic E-state index is 12.6. The average molecular weight is 434 g/mol. The largest absolute Gasteiger partial charge is 0.494 e. The standard InChI is InChI=1S/C24H23N3O3S/c1-4-29-20-10-6-17(7-11-20)14-19(15-25)23(28)27-24-26-22(16(3)31-24)18-8-12-21(13-9-18)30-5-2/h6-14H,4-5H2,1-3H3,(H,26,27,28)/b19-14+. The molecule has 0 atom stereocenters. The number of nitrogens with one attached hydrogen (secondary N) is 1. The molecule has 0 aliphatic rings. The molecule has 2 aromatic carbocycles. The molecule has 0 bridgehead atoms. The summed E-state index contributed by atoms with van der Waals surface area (Å²) in [5.41, 5.74) is 2.46. The summed E-state index contributed by atoms with van der Waals surface area (Å²) in [6.07, 6.45) is 1.54. The molecule has 1 aromatic heterocycles. The van der Waals surface area contributed by atoms with Gasteiger partial charge < -0.3 is 9.47 Å². The molecule has 1 amide bonds. The Morgan fingerprint density at radius 3 is 2.19 bits per heavy atom. The predicted molar refractivity (Wildman–Crippen MR) is 123 cm³/mol. The molecule has 6 nitrogen and oxygen atoms in total. The minimum absolute atomic E-state index is 0.000342. The predicted octanol–water partition coefficient (Wildman–Crippen LogP) is 5.46. The molecule has 0 spiro atoms. The molecule has 1 heterocycles. The lowest BCUT2D eigenvalue weighted by molar-refractivity contribution is -0.112. The highest BCUT2D eigenvalue weighted by atomic mass is 32.1. The van der Waals surface area contributed by atoms with Crippen LogP contribution in [0.4, 0.5) is 5.13 Å². The van der Waals surface area contributed by atoms with E-state index in [9.17, 15) is 10.1 Å². The minimum Gasteiger partial charge on any atom is -0.494 e. The Hall–Kier alpha value is -3.63. The molecular formula is C24H23N3O3S. The highest BCUT2D eigenvalue weighted by Gasteiger charge is 2.15. The fraction of sp³-hybridized carbons (Fsp3) is 0.208. The van der Waals surface area contributed by atoms with Gasteiger partial charge in [-0.15, -0.1) is 11.3 Å². The molecule has 7 heteroatoms. The topological polar surface area (TPSA) is 84.2 Å². The number of aryl methyl sites for hydroxylation is 1. The Kier molecular flexibility index (Phi) is 7.41. The van der Waals surface area contributed by atoms with Crippen LogP contribution in [-0.4, -0.2) is 24.1 Å². The minimum atomic E-state index is -0.497. The monoisotopic (exact) mass is 433 g/mol. The molecule has 0 fully saturated rings. The van der Waals surface area contributed by atoms with Crippen LogP contribution in [0, 0.1) is 18.3 Å². The van der Waals surface area contributed by atoms with Gasteiger partial charge in [0.25, 0.3) is 5.91 Å². The van der Waals surface area contributed by atoms with Crippen LogP contribution >= 0.6 is 11.3 Å². The molecule has 3 aromatic rings. The zero-order valence-corrected chi connectivity index (χ0v) is 18.5. The Morgan fingerprint density at radius 1 is 1.06 bits per heavy atom. The van der Waals surface area contributed by atoms with Crippen LogP contribution in [0.3, 0.4) is 0 Å². The van der Waals surface area contributed by atoms with Gasteiger partial charge in [0.2, 0.25) is 0 Å². The first kappa shape index (κ1) is 22.1. The summed E-state index contributed by atoms with van der Waals surface area (Å²) < 4.78 is 10.9. The number of anilines is 1. The Labute approximate surface area is 185 Å². The van der Waals surface area contributed by atoms with Crippen molar-refractivity contribution >= 4 is 28.5 Å². The normalized spacial score (nSPS) is 11.0. The van der Waals surface area contributed by atoms with Crippen LogP contribution in [0.1, 0.15) is 24.3 Å². The van der Waals surface area contributed by atoms with Gasteiger partial charge >= 0.3 is 0 Å².